The van der Waals surface area contributed by atoms with E-state index in [1.54, 1.807) is 0 Å². The topological polar surface area (TPSA) is 29.1 Å². The van der Waals surface area contributed by atoms with Crippen LogP contribution in [0, 0.1) is 18.2 Å². The van der Waals surface area contributed by atoms with Gasteiger partial charge in [-0.05, 0) is 18.2 Å². The largest absolute Gasteiger partial charge is 0.351 e. The van der Waals surface area contributed by atoms with Crippen molar-refractivity contribution < 1.29 is 9.18 Å². The van der Waals surface area contributed by atoms with E-state index in [9.17, 15) is 9.18 Å². The van der Waals surface area contributed by atoms with Crippen LogP contribution < -0.4 is 5.32 Å². The highest BCUT2D eigenvalue weighted by Crippen LogP contribution is 2.16. The molecule has 0 atom stereocenters. The number of carbonyl (C=O) groups is 1. The van der Waals surface area contributed by atoms with Gasteiger partial charge < -0.3 is 5.32 Å². The molecule has 1 aromatic carbocycles. The van der Waals surface area contributed by atoms with Crippen LogP contribution in [0.25, 0.3) is 0 Å². The van der Waals surface area contributed by atoms with Crippen molar-refractivity contribution in [3.63, 3.8) is 0 Å². The number of rotatable bonds is 3. The Morgan fingerprint density at radius 2 is 2.33 bits per heavy atom. The van der Waals surface area contributed by atoms with E-state index in [0.29, 0.717) is 13.0 Å². The number of carbonyl (C=O) groups excluding carboxylic acids is 1. The van der Waals surface area contributed by atoms with Gasteiger partial charge in [0.05, 0.1) is 10.6 Å². The number of hydrogen-bond donors (Lipinski definition) is 1. The predicted octanol–water partition coefficient (Wildman–Crippen LogP) is 2.23. The first-order valence-corrected chi connectivity index (χ1v) is 4.69. The lowest BCUT2D eigenvalue weighted by Gasteiger charge is -2.04. The molecule has 1 rings (SSSR count). The number of amides is 1. The highest BCUT2D eigenvalue weighted by molar-refractivity contribution is 6.33. The van der Waals surface area contributed by atoms with E-state index in [0.717, 1.165) is 6.07 Å². The minimum Gasteiger partial charge on any atom is -0.351 e. The molecule has 0 radical (unpaired) electrons. The molecule has 0 unspecified atom stereocenters. The number of nitrogens with one attached hydrogen (secondary N) is 1. The summed E-state index contributed by atoms with van der Waals surface area (Å²) in [7, 11) is 0. The van der Waals surface area contributed by atoms with E-state index in [4.69, 9.17) is 18.0 Å². The van der Waals surface area contributed by atoms with E-state index in [1.165, 1.54) is 12.1 Å². The zero-order chi connectivity index (χ0) is 11.3. The zero-order valence-electron chi connectivity index (χ0n) is 7.89. The Labute approximate surface area is 92.4 Å². The van der Waals surface area contributed by atoms with Crippen LogP contribution in [0.5, 0.6) is 0 Å². The minimum atomic E-state index is -0.472. The summed E-state index contributed by atoms with van der Waals surface area (Å²) in [6.07, 6.45) is 5.48. The second-order valence-corrected chi connectivity index (χ2v) is 3.24. The molecular weight excluding hydrogens is 217 g/mol. The predicted molar refractivity (Wildman–Crippen MR) is 57.2 cm³/mol. The molecule has 0 aromatic heterocycles. The lowest BCUT2D eigenvalue weighted by atomic mass is 10.2. The highest BCUT2D eigenvalue weighted by atomic mass is 35.5. The van der Waals surface area contributed by atoms with Crippen molar-refractivity contribution in [3.05, 3.63) is 34.6 Å². The van der Waals surface area contributed by atoms with Gasteiger partial charge in [-0.15, -0.1) is 12.3 Å². The number of terminal acetylenes is 1. The van der Waals surface area contributed by atoms with Crippen LogP contribution in [0.15, 0.2) is 18.2 Å². The first-order chi connectivity index (χ1) is 7.15. The minimum absolute atomic E-state index is 0.0909. The summed E-state index contributed by atoms with van der Waals surface area (Å²) in [5, 5.41) is 2.66. The van der Waals surface area contributed by atoms with Crippen LogP contribution >= 0.6 is 11.6 Å². The summed E-state index contributed by atoms with van der Waals surface area (Å²) in [4.78, 5) is 11.5. The van der Waals surface area contributed by atoms with Crippen molar-refractivity contribution in [1.82, 2.24) is 5.32 Å². The summed E-state index contributed by atoms with van der Waals surface area (Å²) in [5.74, 6) is 1.57. The standard InChI is InChI=1S/C11H9ClFNO/c1-2-3-6-14-11(15)9-5-4-8(13)7-10(9)12/h1,4-5,7H,3,6H2,(H,14,15). The Bertz CT molecular complexity index is 412. The van der Waals surface area contributed by atoms with Crippen LogP contribution in [0.4, 0.5) is 4.39 Å². The Morgan fingerprint density at radius 3 is 2.93 bits per heavy atom. The fourth-order valence-corrected chi connectivity index (χ4v) is 1.27. The molecule has 78 valence electrons. The molecule has 0 aliphatic rings. The number of benzene rings is 1. The fourth-order valence-electron chi connectivity index (χ4n) is 1.02. The number of halogens is 2. The van der Waals surface area contributed by atoms with E-state index >= 15 is 0 Å². The van der Waals surface area contributed by atoms with Gasteiger partial charge in [-0.2, -0.15) is 0 Å². The molecule has 2 nitrogen and oxygen atoms in total. The van der Waals surface area contributed by atoms with Gasteiger partial charge in [0, 0.05) is 13.0 Å². The monoisotopic (exact) mass is 225 g/mol. The Morgan fingerprint density at radius 1 is 1.60 bits per heavy atom. The van der Waals surface area contributed by atoms with Crippen LogP contribution in [-0.4, -0.2) is 12.5 Å². The molecule has 1 aromatic rings. The van der Waals surface area contributed by atoms with Crippen molar-refractivity contribution in [2.45, 2.75) is 6.42 Å². The lowest BCUT2D eigenvalue weighted by molar-refractivity contribution is 0.0954. The van der Waals surface area contributed by atoms with Crippen LogP contribution in [0.1, 0.15) is 16.8 Å². The van der Waals surface area contributed by atoms with Gasteiger partial charge in [-0.3, -0.25) is 4.79 Å². The average molecular weight is 226 g/mol. The Hall–Kier alpha value is -1.53. The van der Waals surface area contributed by atoms with Crippen LogP contribution in [0.2, 0.25) is 5.02 Å². The first kappa shape index (κ1) is 11.5. The van der Waals surface area contributed by atoms with Crippen molar-refractivity contribution in [2.24, 2.45) is 0 Å². The van der Waals surface area contributed by atoms with E-state index in [-0.39, 0.29) is 16.5 Å². The van der Waals surface area contributed by atoms with Crippen molar-refractivity contribution >= 4 is 17.5 Å². The van der Waals surface area contributed by atoms with Gasteiger partial charge in [-0.1, -0.05) is 11.6 Å². The second kappa shape index (κ2) is 5.38. The maximum absolute atomic E-state index is 12.7. The molecule has 0 saturated carbocycles. The molecule has 0 bridgehead atoms. The SMILES string of the molecule is C#CCCNC(=O)c1ccc(F)cc1Cl. The smallest absolute Gasteiger partial charge is 0.252 e. The molecule has 4 heteroatoms. The maximum atomic E-state index is 12.7. The highest BCUT2D eigenvalue weighted by Gasteiger charge is 2.09. The summed E-state index contributed by atoms with van der Waals surface area (Å²) in [5.41, 5.74) is 0.245. The van der Waals surface area contributed by atoms with Gasteiger partial charge in [0.15, 0.2) is 0 Å². The maximum Gasteiger partial charge on any atom is 0.252 e. The molecule has 1 N–H and O–H groups in total. The third kappa shape index (κ3) is 3.26. The number of hydrogen-bond acceptors (Lipinski definition) is 1. The Kier molecular flexibility index (Phi) is 4.14. The first-order valence-electron chi connectivity index (χ1n) is 4.32. The molecule has 0 heterocycles. The zero-order valence-corrected chi connectivity index (χ0v) is 8.64. The summed E-state index contributed by atoms with van der Waals surface area (Å²) in [6, 6.07) is 3.61. The summed E-state index contributed by atoms with van der Waals surface area (Å²) in [6.45, 7) is 0.378. The Balaban J connectivity index is 2.70. The van der Waals surface area contributed by atoms with Crippen molar-refractivity contribution in [2.75, 3.05) is 6.54 Å². The van der Waals surface area contributed by atoms with Crippen LogP contribution in [-0.2, 0) is 0 Å². The third-order valence-electron chi connectivity index (χ3n) is 1.73. The molecule has 15 heavy (non-hydrogen) atoms. The summed E-state index contributed by atoms with van der Waals surface area (Å²) < 4.78 is 12.7. The second-order valence-electron chi connectivity index (χ2n) is 2.83. The van der Waals surface area contributed by atoms with Gasteiger partial charge in [-0.25, -0.2) is 4.39 Å². The third-order valence-corrected chi connectivity index (χ3v) is 2.04. The van der Waals surface area contributed by atoms with Crippen molar-refractivity contribution in [1.29, 1.82) is 0 Å². The van der Waals surface area contributed by atoms with Crippen molar-refractivity contribution in [3.8, 4) is 12.3 Å². The lowest BCUT2D eigenvalue weighted by Crippen LogP contribution is -2.24. The molecular formula is C11H9ClFNO. The molecule has 0 spiro atoms. The molecule has 0 saturated heterocycles. The van der Waals surface area contributed by atoms with Crippen LogP contribution in [0.3, 0.4) is 0 Å². The van der Waals surface area contributed by atoms with Gasteiger partial charge in [0.1, 0.15) is 5.82 Å². The van der Waals surface area contributed by atoms with E-state index in [1.807, 2.05) is 0 Å². The van der Waals surface area contributed by atoms with Gasteiger partial charge in [0.2, 0.25) is 0 Å². The van der Waals surface area contributed by atoms with Gasteiger partial charge in [0.25, 0.3) is 5.91 Å². The average Bonchev–Trinajstić information content (AvgIpc) is 2.17. The van der Waals surface area contributed by atoms with E-state index < -0.39 is 5.82 Å². The molecule has 1 amide bonds. The quantitative estimate of drug-likeness (QED) is 0.620. The van der Waals surface area contributed by atoms with E-state index in [2.05, 4.69) is 11.2 Å². The molecule has 0 aliphatic heterocycles. The molecule has 0 fully saturated rings. The summed E-state index contributed by atoms with van der Waals surface area (Å²) >= 11 is 5.70. The molecule has 0 aliphatic carbocycles. The van der Waals surface area contributed by atoms with Gasteiger partial charge >= 0.3 is 0 Å². The fraction of sp³-hybridized carbons (Fsp3) is 0.182. The normalized spacial score (nSPS) is 9.40.